The largest absolute Gasteiger partial charge is 0.491 e. The molecule has 0 atom stereocenters. The molecule has 6 nitrogen and oxygen atoms in total. The fourth-order valence-corrected chi connectivity index (χ4v) is 3.67. The van der Waals surface area contributed by atoms with E-state index in [1.54, 1.807) is 19.9 Å². The van der Waals surface area contributed by atoms with Gasteiger partial charge in [-0.05, 0) is 69.2 Å². The third kappa shape index (κ3) is 5.80. The van der Waals surface area contributed by atoms with Crippen LogP contribution in [-0.4, -0.2) is 27.0 Å². The molecule has 146 valence electrons. The van der Waals surface area contributed by atoms with E-state index in [4.69, 9.17) is 4.74 Å². The Morgan fingerprint density at radius 2 is 1.78 bits per heavy atom. The van der Waals surface area contributed by atoms with Crippen molar-refractivity contribution in [3.63, 3.8) is 0 Å². The number of benzene rings is 2. The smallest absolute Gasteiger partial charge is 0.255 e. The maximum Gasteiger partial charge on any atom is 0.255 e. The third-order valence-corrected chi connectivity index (χ3v) is 5.34. The molecule has 0 saturated heterocycles. The first-order valence-corrected chi connectivity index (χ1v) is 10.4. The summed E-state index contributed by atoms with van der Waals surface area (Å²) in [6, 6.07) is 11.2. The van der Waals surface area contributed by atoms with Crippen molar-refractivity contribution in [2.75, 3.05) is 11.9 Å². The predicted octanol–water partition coefficient (Wildman–Crippen LogP) is 3.72. The number of sulfonamides is 1. The van der Waals surface area contributed by atoms with Crippen LogP contribution in [0.25, 0.3) is 0 Å². The first kappa shape index (κ1) is 20.9. The van der Waals surface area contributed by atoms with Crippen LogP contribution >= 0.6 is 0 Å². The standard InChI is InChI=1S/C20H26N2O4S/c1-5-12-26-19-13-15(4)6-11-18(19)21-20(23)16-7-9-17(10-8-16)27(24,25)22-14(2)3/h6-11,13-14,22H,5,12H2,1-4H3,(H,21,23). The number of rotatable bonds is 8. The molecule has 0 saturated carbocycles. The number of hydrogen-bond acceptors (Lipinski definition) is 4. The average Bonchev–Trinajstić information content (AvgIpc) is 2.61. The maximum atomic E-state index is 12.5. The second-order valence-electron chi connectivity index (χ2n) is 6.60. The molecule has 0 aromatic heterocycles. The monoisotopic (exact) mass is 390 g/mol. The molecule has 2 aromatic rings. The summed E-state index contributed by atoms with van der Waals surface area (Å²) in [5.74, 6) is 0.284. The number of carbonyl (C=O) groups excluding carboxylic acids is 1. The lowest BCUT2D eigenvalue weighted by Crippen LogP contribution is -2.30. The first-order valence-electron chi connectivity index (χ1n) is 8.90. The SMILES string of the molecule is CCCOc1cc(C)ccc1NC(=O)c1ccc(S(=O)(=O)NC(C)C)cc1. The van der Waals surface area contributed by atoms with Crippen molar-refractivity contribution in [1.82, 2.24) is 4.72 Å². The number of amides is 1. The highest BCUT2D eigenvalue weighted by molar-refractivity contribution is 7.89. The van der Waals surface area contributed by atoms with Crippen LogP contribution in [0.1, 0.15) is 43.1 Å². The van der Waals surface area contributed by atoms with E-state index in [2.05, 4.69) is 10.0 Å². The lowest BCUT2D eigenvalue weighted by atomic mass is 10.2. The molecule has 27 heavy (non-hydrogen) atoms. The number of carbonyl (C=O) groups is 1. The van der Waals surface area contributed by atoms with Gasteiger partial charge in [-0.15, -0.1) is 0 Å². The quantitative estimate of drug-likeness (QED) is 0.719. The van der Waals surface area contributed by atoms with Crippen molar-refractivity contribution in [2.45, 2.75) is 45.1 Å². The Morgan fingerprint density at radius 3 is 2.37 bits per heavy atom. The van der Waals surface area contributed by atoms with E-state index in [0.717, 1.165) is 12.0 Å². The topological polar surface area (TPSA) is 84.5 Å². The highest BCUT2D eigenvalue weighted by Gasteiger charge is 2.16. The minimum atomic E-state index is -3.58. The lowest BCUT2D eigenvalue weighted by Gasteiger charge is -2.13. The summed E-state index contributed by atoms with van der Waals surface area (Å²) in [5, 5.41) is 2.82. The van der Waals surface area contributed by atoms with Gasteiger partial charge in [0, 0.05) is 11.6 Å². The summed E-state index contributed by atoms with van der Waals surface area (Å²) in [7, 11) is -3.58. The van der Waals surface area contributed by atoms with Gasteiger partial charge in [-0.1, -0.05) is 13.0 Å². The van der Waals surface area contributed by atoms with E-state index < -0.39 is 10.0 Å². The van der Waals surface area contributed by atoms with Gasteiger partial charge < -0.3 is 10.1 Å². The molecule has 0 bridgehead atoms. The van der Waals surface area contributed by atoms with Crippen LogP contribution in [0.5, 0.6) is 5.75 Å². The number of ether oxygens (including phenoxy) is 1. The molecule has 0 aliphatic heterocycles. The van der Waals surface area contributed by atoms with Crippen LogP contribution in [0.15, 0.2) is 47.4 Å². The van der Waals surface area contributed by atoms with Gasteiger partial charge in [-0.3, -0.25) is 4.79 Å². The van der Waals surface area contributed by atoms with Crippen molar-refractivity contribution in [3.8, 4) is 5.75 Å². The normalized spacial score (nSPS) is 11.4. The van der Waals surface area contributed by atoms with Crippen LogP contribution in [0.2, 0.25) is 0 Å². The second kappa shape index (κ2) is 9.01. The first-order chi connectivity index (χ1) is 12.7. The van der Waals surface area contributed by atoms with Crippen molar-refractivity contribution in [1.29, 1.82) is 0 Å². The van der Waals surface area contributed by atoms with Gasteiger partial charge in [0.15, 0.2) is 0 Å². The molecule has 0 radical (unpaired) electrons. The molecule has 7 heteroatoms. The predicted molar refractivity (Wildman–Crippen MR) is 107 cm³/mol. The van der Waals surface area contributed by atoms with Gasteiger partial charge in [0.2, 0.25) is 10.0 Å². The minimum Gasteiger partial charge on any atom is -0.491 e. The Kier molecular flexibility index (Phi) is 6.98. The van der Waals surface area contributed by atoms with Crippen molar-refractivity contribution < 1.29 is 17.9 Å². The average molecular weight is 391 g/mol. The molecule has 0 aliphatic rings. The van der Waals surface area contributed by atoms with Crippen LogP contribution in [0.4, 0.5) is 5.69 Å². The molecule has 2 aromatic carbocycles. The van der Waals surface area contributed by atoms with E-state index in [9.17, 15) is 13.2 Å². The highest BCUT2D eigenvalue weighted by Crippen LogP contribution is 2.26. The molecular formula is C20H26N2O4S. The van der Waals surface area contributed by atoms with E-state index in [-0.39, 0.29) is 16.8 Å². The Labute approximate surface area is 161 Å². The molecule has 0 heterocycles. The van der Waals surface area contributed by atoms with E-state index in [0.29, 0.717) is 23.6 Å². The summed E-state index contributed by atoms with van der Waals surface area (Å²) in [6.45, 7) is 8.02. The number of aryl methyl sites for hydroxylation is 1. The summed E-state index contributed by atoms with van der Waals surface area (Å²) in [6.07, 6.45) is 0.863. The molecule has 1 amide bonds. The van der Waals surface area contributed by atoms with Gasteiger partial charge in [0.05, 0.1) is 17.2 Å². The van der Waals surface area contributed by atoms with Crippen LogP contribution in [0, 0.1) is 6.92 Å². The van der Waals surface area contributed by atoms with Crippen molar-refractivity contribution >= 4 is 21.6 Å². The molecule has 0 aliphatic carbocycles. The van der Waals surface area contributed by atoms with Crippen molar-refractivity contribution in [2.24, 2.45) is 0 Å². The minimum absolute atomic E-state index is 0.120. The fraction of sp³-hybridized carbons (Fsp3) is 0.350. The zero-order chi connectivity index (χ0) is 20.0. The summed E-state index contributed by atoms with van der Waals surface area (Å²) < 4.78 is 32.5. The fourth-order valence-electron chi connectivity index (χ4n) is 2.42. The Hall–Kier alpha value is -2.38. The summed E-state index contributed by atoms with van der Waals surface area (Å²) in [4.78, 5) is 12.7. The van der Waals surface area contributed by atoms with Gasteiger partial charge in [-0.2, -0.15) is 0 Å². The van der Waals surface area contributed by atoms with E-state index >= 15 is 0 Å². The zero-order valence-corrected chi connectivity index (χ0v) is 16.9. The molecule has 0 fully saturated rings. The van der Waals surface area contributed by atoms with Crippen LogP contribution in [-0.2, 0) is 10.0 Å². The number of nitrogens with one attached hydrogen (secondary N) is 2. The van der Waals surface area contributed by atoms with Gasteiger partial charge >= 0.3 is 0 Å². The van der Waals surface area contributed by atoms with E-state index in [1.807, 2.05) is 26.0 Å². The van der Waals surface area contributed by atoms with Gasteiger partial charge in [-0.25, -0.2) is 13.1 Å². The molecule has 0 spiro atoms. The van der Waals surface area contributed by atoms with Gasteiger partial charge in [0.1, 0.15) is 5.75 Å². The molecule has 0 unspecified atom stereocenters. The van der Waals surface area contributed by atoms with E-state index in [1.165, 1.54) is 24.3 Å². The lowest BCUT2D eigenvalue weighted by molar-refractivity contribution is 0.102. The second-order valence-corrected chi connectivity index (χ2v) is 8.32. The molecular weight excluding hydrogens is 364 g/mol. The zero-order valence-electron chi connectivity index (χ0n) is 16.1. The highest BCUT2D eigenvalue weighted by atomic mass is 32.2. The summed E-state index contributed by atoms with van der Waals surface area (Å²) in [5.41, 5.74) is 1.98. The third-order valence-electron chi connectivity index (χ3n) is 3.66. The van der Waals surface area contributed by atoms with Crippen LogP contribution < -0.4 is 14.8 Å². The Morgan fingerprint density at radius 1 is 1.11 bits per heavy atom. The van der Waals surface area contributed by atoms with Crippen molar-refractivity contribution in [3.05, 3.63) is 53.6 Å². The van der Waals surface area contributed by atoms with Crippen LogP contribution in [0.3, 0.4) is 0 Å². The maximum absolute atomic E-state index is 12.5. The Balaban J connectivity index is 2.17. The van der Waals surface area contributed by atoms with Gasteiger partial charge in [0.25, 0.3) is 5.91 Å². The number of anilines is 1. The summed E-state index contributed by atoms with van der Waals surface area (Å²) >= 11 is 0. The molecule has 2 N–H and O–H groups in total. The number of hydrogen-bond donors (Lipinski definition) is 2. The Bertz CT molecular complexity index is 891. The molecule has 2 rings (SSSR count).